The molecule has 5 aliphatic rings. The molecule has 0 atom stereocenters. The third-order valence-corrected chi connectivity index (χ3v) is 15.6. The molecular weight excluding hydrogens is 555 g/mol. The summed E-state index contributed by atoms with van der Waals surface area (Å²) < 4.78 is -0.834. The topological polar surface area (TPSA) is 17.1 Å². The number of carbonyl (C=O) groups is 1. The zero-order valence-corrected chi connectivity index (χ0v) is 29.2. The molecule has 0 N–H and O–H groups in total. The number of ketones is 1. The Morgan fingerprint density at radius 3 is 1.26 bits per heavy atom. The Hall–Kier alpha value is 0.250. The smallest absolute Gasteiger partial charge is 0.151 e. The molecule has 0 aromatic heterocycles. The maximum Gasteiger partial charge on any atom is 0.151 e. The minimum absolute atomic E-state index is 0.439. The van der Waals surface area contributed by atoms with Crippen LogP contribution in [-0.4, -0.2) is 10.1 Å². The van der Waals surface area contributed by atoms with Crippen molar-refractivity contribution in [1.82, 2.24) is 0 Å². The Labute approximate surface area is 270 Å². The number of hydrogen-bond acceptors (Lipinski definition) is 1. The fourth-order valence-corrected chi connectivity index (χ4v) is 12.3. The van der Waals surface area contributed by atoms with Crippen molar-refractivity contribution in [3.05, 3.63) is 0 Å². The lowest BCUT2D eigenvalue weighted by Gasteiger charge is -2.67. The van der Waals surface area contributed by atoms with Gasteiger partial charge in [0.25, 0.3) is 0 Å². The van der Waals surface area contributed by atoms with E-state index in [2.05, 4.69) is 13.8 Å². The predicted octanol–water partition coefficient (Wildman–Crippen LogP) is 13.0. The first-order valence-electron chi connectivity index (χ1n) is 19.3. The molecule has 0 heterocycles. The molecule has 0 radical (unpaired) electrons. The van der Waals surface area contributed by atoms with E-state index in [0.29, 0.717) is 5.78 Å². The average Bonchev–Trinajstić information content (AvgIpc) is 3.03. The molecule has 0 aromatic rings. The van der Waals surface area contributed by atoms with Crippen LogP contribution in [0.4, 0.5) is 0 Å². The molecule has 5 aliphatic carbocycles. The zero-order chi connectivity index (χ0) is 29.6. The summed E-state index contributed by atoms with van der Waals surface area (Å²) in [4.78, 5) is 14.1. The van der Waals surface area contributed by atoms with Gasteiger partial charge in [0, 0.05) is 0 Å². The van der Waals surface area contributed by atoms with Crippen molar-refractivity contribution in [2.24, 2.45) is 46.3 Å². The van der Waals surface area contributed by atoms with Crippen molar-refractivity contribution in [3.63, 3.8) is 0 Å². The van der Waals surface area contributed by atoms with Gasteiger partial charge in [0.05, 0.1) is 10.8 Å². The second-order valence-electron chi connectivity index (χ2n) is 16.4. The minimum Gasteiger partial charge on any atom is -0.298 e. The maximum absolute atomic E-state index is 14.1. The second kappa shape index (κ2) is 15.2. The lowest BCUT2D eigenvalue weighted by atomic mass is 9.41. The summed E-state index contributed by atoms with van der Waals surface area (Å²) in [6.45, 7) is 4.62. The number of alkyl halides is 2. The van der Waals surface area contributed by atoms with Crippen LogP contribution in [-0.2, 0) is 4.79 Å². The normalized spacial score (nSPS) is 40.3. The molecule has 1 nitrogen and oxygen atoms in total. The first-order valence-corrected chi connectivity index (χ1v) is 20.0. The van der Waals surface area contributed by atoms with Gasteiger partial charge in [0.15, 0.2) is 5.78 Å². The molecule has 3 heteroatoms. The quantitative estimate of drug-likeness (QED) is 0.148. The number of hydrogen-bond donors (Lipinski definition) is 0. The summed E-state index contributed by atoms with van der Waals surface area (Å²) in [7, 11) is 0. The lowest BCUT2D eigenvalue weighted by molar-refractivity contribution is -0.173. The molecule has 5 fully saturated rings. The summed E-state index contributed by atoms with van der Waals surface area (Å²) in [6, 6.07) is 0. The van der Waals surface area contributed by atoms with Crippen LogP contribution in [0.5, 0.6) is 0 Å². The van der Waals surface area contributed by atoms with Crippen molar-refractivity contribution < 1.29 is 4.79 Å². The Kier molecular flexibility index (Phi) is 12.2. The number of carbonyl (C=O) groups excluding carboxylic acids is 1. The fourth-order valence-electron chi connectivity index (χ4n) is 11.2. The van der Waals surface area contributed by atoms with Crippen LogP contribution in [0.3, 0.4) is 0 Å². The highest BCUT2D eigenvalue weighted by Crippen LogP contribution is 2.75. The number of Topliss-reactive ketones (excluding diaryl/α,β-unsaturated/α-hetero) is 1. The number of halogens is 2. The van der Waals surface area contributed by atoms with Gasteiger partial charge in [-0.05, 0) is 113 Å². The van der Waals surface area contributed by atoms with E-state index < -0.39 is 15.2 Å². The van der Waals surface area contributed by atoms with Crippen LogP contribution in [0.15, 0.2) is 0 Å². The second-order valence-corrected chi connectivity index (χ2v) is 17.7. The number of unbranched alkanes of at least 4 members (excludes halogenated alkanes) is 7. The van der Waals surface area contributed by atoms with Gasteiger partial charge in [-0.3, -0.25) is 4.79 Å². The van der Waals surface area contributed by atoms with Crippen LogP contribution < -0.4 is 0 Å². The molecule has 0 unspecified atom stereocenters. The van der Waals surface area contributed by atoms with Gasteiger partial charge in [0.2, 0.25) is 0 Å². The number of rotatable bonds is 13. The van der Waals surface area contributed by atoms with E-state index >= 15 is 0 Å². The first-order chi connectivity index (χ1) is 20.4. The molecule has 0 amide bonds. The Morgan fingerprint density at radius 1 is 0.500 bits per heavy atom. The van der Waals surface area contributed by atoms with Gasteiger partial charge in [-0.15, -0.1) is 0 Å². The van der Waals surface area contributed by atoms with Gasteiger partial charge in [-0.2, -0.15) is 0 Å². The van der Waals surface area contributed by atoms with E-state index in [-0.39, 0.29) is 0 Å². The highest BCUT2D eigenvalue weighted by atomic mass is 35.5. The van der Waals surface area contributed by atoms with Gasteiger partial charge < -0.3 is 0 Å². The largest absolute Gasteiger partial charge is 0.298 e. The summed E-state index contributed by atoms with van der Waals surface area (Å²) in [5, 5.41) is 0. The molecule has 42 heavy (non-hydrogen) atoms. The summed E-state index contributed by atoms with van der Waals surface area (Å²) >= 11 is 14.7. The average molecular weight is 622 g/mol. The SMILES string of the molecule is CCCCCCCCCC1CCC(C2CC[C@]3(CC2)C(=O)[C@@]2(CC[C@@H](C4CCC(CCCC)CC4)CC2)C3(Cl)Cl)CC1. The zero-order valence-electron chi connectivity index (χ0n) is 27.7. The van der Waals surface area contributed by atoms with Crippen molar-refractivity contribution in [3.8, 4) is 0 Å². The molecule has 2 spiro atoms. The molecule has 5 rings (SSSR count). The molecule has 242 valence electrons. The highest BCUT2D eigenvalue weighted by Gasteiger charge is 2.79. The van der Waals surface area contributed by atoms with Gasteiger partial charge in [-0.25, -0.2) is 0 Å². The van der Waals surface area contributed by atoms with E-state index in [1.54, 1.807) is 0 Å². The maximum atomic E-state index is 14.1. The van der Waals surface area contributed by atoms with Crippen molar-refractivity contribution in [1.29, 1.82) is 0 Å². The molecule has 0 bridgehead atoms. The highest BCUT2D eigenvalue weighted by molar-refractivity contribution is 6.55. The van der Waals surface area contributed by atoms with E-state index in [1.807, 2.05) is 0 Å². The Morgan fingerprint density at radius 2 is 0.857 bits per heavy atom. The monoisotopic (exact) mass is 620 g/mol. The van der Waals surface area contributed by atoms with Crippen molar-refractivity contribution >= 4 is 29.0 Å². The molecule has 0 aromatic carbocycles. The van der Waals surface area contributed by atoms with Gasteiger partial charge in [-0.1, -0.05) is 133 Å². The summed E-state index contributed by atoms with van der Waals surface area (Å²) in [6.07, 6.45) is 35.6. The van der Waals surface area contributed by atoms with Crippen LogP contribution in [0.25, 0.3) is 0 Å². The summed E-state index contributed by atoms with van der Waals surface area (Å²) in [5.41, 5.74) is -0.878. The third kappa shape index (κ3) is 6.83. The van der Waals surface area contributed by atoms with Crippen molar-refractivity contribution in [2.75, 3.05) is 0 Å². The standard InChI is InChI=1S/C39H66Cl2O/c1-3-5-7-8-9-10-11-13-31-16-20-33(21-17-31)35-24-28-38(29-25-35)36(42)37(39(38,40)41)26-22-34(23-27-37)32-18-14-30(15-19-32)12-6-4-2/h30-35H,3-29H2,1-2H3/t30?,31?,32?,33?,34-,35?,37+,38-. The van der Waals surface area contributed by atoms with Crippen molar-refractivity contribution in [2.45, 2.75) is 192 Å². The Bertz CT molecular complexity index is 817. The van der Waals surface area contributed by atoms with Crippen LogP contribution >= 0.6 is 23.2 Å². The lowest BCUT2D eigenvalue weighted by Crippen LogP contribution is -2.74. The van der Waals surface area contributed by atoms with E-state index in [4.69, 9.17) is 23.2 Å². The molecular formula is C39H66Cl2O. The minimum atomic E-state index is -0.834. The summed E-state index contributed by atoms with van der Waals surface area (Å²) in [5.74, 6) is 5.79. The molecule has 0 aliphatic heterocycles. The van der Waals surface area contributed by atoms with Gasteiger partial charge >= 0.3 is 0 Å². The van der Waals surface area contributed by atoms with Gasteiger partial charge in [0.1, 0.15) is 4.33 Å². The van der Waals surface area contributed by atoms with E-state index in [9.17, 15) is 4.79 Å². The molecule has 5 saturated carbocycles. The third-order valence-electron chi connectivity index (χ3n) is 14.1. The van der Waals surface area contributed by atoms with Crippen LogP contribution in [0.2, 0.25) is 0 Å². The fraction of sp³-hybridized carbons (Fsp3) is 0.974. The van der Waals surface area contributed by atoms with E-state index in [1.165, 1.54) is 148 Å². The Balaban J connectivity index is 1.02. The predicted molar refractivity (Wildman–Crippen MR) is 181 cm³/mol. The van der Waals surface area contributed by atoms with Crippen LogP contribution in [0.1, 0.15) is 187 Å². The van der Waals surface area contributed by atoms with E-state index in [0.717, 1.165) is 61.2 Å². The van der Waals surface area contributed by atoms with Crippen LogP contribution in [0, 0.1) is 46.3 Å². The first kappa shape index (κ1) is 33.6. The molecule has 0 saturated heterocycles.